The quantitative estimate of drug-likeness (QED) is 0.869. The molecule has 0 bridgehead atoms. The molecule has 1 N–H and O–H groups in total. The lowest BCUT2D eigenvalue weighted by atomic mass is 10.1. The zero-order valence-corrected chi connectivity index (χ0v) is 11.8. The third-order valence-electron chi connectivity index (χ3n) is 3.15. The highest BCUT2D eigenvalue weighted by Gasteiger charge is 2.67. The Kier molecular flexibility index (Phi) is 3.62. The van der Waals surface area contributed by atoms with Crippen molar-refractivity contribution in [1.82, 2.24) is 0 Å². The average molecular weight is 299 g/mol. The van der Waals surface area contributed by atoms with Crippen LogP contribution >= 0.6 is 23.2 Å². The number of benzene rings is 1. The summed E-state index contributed by atoms with van der Waals surface area (Å²) in [6.07, 6.45) is 0.430. The number of nitriles is 1. The van der Waals surface area contributed by atoms with Crippen LogP contribution < -0.4 is 10.1 Å². The van der Waals surface area contributed by atoms with E-state index < -0.39 is 9.75 Å². The number of ether oxygens (including phenoxy) is 1. The molecule has 1 atom stereocenters. The number of rotatable bonds is 4. The maximum atomic E-state index is 12.1. The second kappa shape index (κ2) is 4.92. The van der Waals surface area contributed by atoms with Gasteiger partial charge in [-0.05, 0) is 25.5 Å². The van der Waals surface area contributed by atoms with Crippen molar-refractivity contribution >= 4 is 34.8 Å². The van der Waals surface area contributed by atoms with Gasteiger partial charge in [-0.2, -0.15) is 5.26 Å². The Morgan fingerprint density at radius 1 is 1.58 bits per heavy atom. The first-order valence-electron chi connectivity index (χ1n) is 5.68. The van der Waals surface area contributed by atoms with Crippen LogP contribution in [0, 0.1) is 16.7 Å². The van der Waals surface area contributed by atoms with Crippen LogP contribution in [-0.4, -0.2) is 16.8 Å². The standard InChI is InChI=1S/C13H12Cl2N2O2/c1-12(8-13(12,14)15)11(18)17-9-3-2-4-10(7-9)19-6-5-16/h2-4,7H,6,8H2,1H3,(H,17,18)/t12-/m1/s1. The van der Waals surface area contributed by atoms with Crippen molar-refractivity contribution in [2.45, 2.75) is 17.7 Å². The summed E-state index contributed by atoms with van der Waals surface area (Å²) in [5.41, 5.74) is -0.183. The molecule has 0 radical (unpaired) electrons. The third-order valence-corrected chi connectivity index (χ3v) is 4.26. The van der Waals surface area contributed by atoms with Crippen molar-refractivity contribution in [3.05, 3.63) is 24.3 Å². The van der Waals surface area contributed by atoms with Crippen LogP contribution in [0.5, 0.6) is 5.75 Å². The van der Waals surface area contributed by atoms with Crippen LogP contribution in [0.3, 0.4) is 0 Å². The van der Waals surface area contributed by atoms with E-state index in [2.05, 4.69) is 5.32 Å². The summed E-state index contributed by atoms with van der Waals surface area (Å²) in [7, 11) is 0. The Balaban J connectivity index is 2.04. The van der Waals surface area contributed by atoms with Gasteiger partial charge in [0.25, 0.3) is 0 Å². The van der Waals surface area contributed by atoms with Gasteiger partial charge >= 0.3 is 0 Å². The van der Waals surface area contributed by atoms with Gasteiger partial charge in [0.05, 0.1) is 5.41 Å². The zero-order valence-electron chi connectivity index (χ0n) is 10.2. The molecule has 6 heteroatoms. The molecule has 1 fully saturated rings. The summed E-state index contributed by atoms with van der Waals surface area (Å²) < 4.78 is 4.16. The number of alkyl halides is 2. The lowest BCUT2D eigenvalue weighted by Crippen LogP contribution is -2.25. The molecule has 0 aliphatic heterocycles. The van der Waals surface area contributed by atoms with Crippen molar-refractivity contribution < 1.29 is 9.53 Å². The van der Waals surface area contributed by atoms with Gasteiger partial charge in [-0.1, -0.05) is 6.07 Å². The van der Waals surface area contributed by atoms with Crippen molar-refractivity contribution in [3.63, 3.8) is 0 Å². The number of anilines is 1. The zero-order chi connectivity index (χ0) is 14.1. The number of hydrogen-bond donors (Lipinski definition) is 1. The largest absolute Gasteiger partial charge is 0.479 e. The fraction of sp³-hybridized carbons (Fsp3) is 0.385. The third kappa shape index (κ3) is 2.78. The molecule has 4 nitrogen and oxygen atoms in total. The smallest absolute Gasteiger partial charge is 0.233 e. The molecule has 1 aliphatic carbocycles. The lowest BCUT2D eigenvalue weighted by Gasteiger charge is -2.13. The first kappa shape index (κ1) is 14.0. The number of nitrogens with one attached hydrogen (secondary N) is 1. The molecule has 2 rings (SSSR count). The summed E-state index contributed by atoms with van der Waals surface area (Å²) in [5, 5.41) is 11.2. The lowest BCUT2D eigenvalue weighted by molar-refractivity contribution is -0.120. The molecule has 0 unspecified atom stereocenters. The van der Waals surface area contributed by atoms with E-state index in [-0.39, 0.29) is 12.5 Å². The summed E-state index contributed by atoms with van der Waals surface area (Å²) in [5.74, 6) is 0.290. The Bertz CT molecular complexity index is 554. The summed E-state index contributed by atoms with van der Waals surface area (Å²) in [6.45, 7) is 1.68. The van der Waals surface area contributed by atoms with Gasteiger partial charge in [-0.15, -0.1) is 23.2 Å². The maximum Gasteiger partial charge on any atom is 0.233 e. The van der Waals surface area contributed by atoms with E-state index in [1.807, 2.05) is 6.07 Å². The van der Waals surface area contributed by atoms with Crippen molar-refractivity contribution in [1.29, 1.82) is 5.26 Å². The highest BCUT2D eigenvalue weighted by molar-refractivity contribution is 6.53. The summed E-state index contributed by atoms with van der Waals surface area (Å²) in [6, 6.07) is 8.69. The van der Waals surface area contributed by atoms with E-state index in [1.165, 1.54) is 0 Å². The van der Waals surface area contributed by atoms with Crippen LogP contribution in [-0.2, 0) is 4.79 Å². The van der Waals surface area contributed by atoms with Crippen LogP contribution in [0.4, 0.5) is 5.69 Å². The van der Waals surface area contributed by atoms with E-state index in [9.17, 15) is 4.79 Å². The van der Waals surface area contributed by atoms with Gasteiger partial charge in [0.15, 0.2) is 6.61 Å². The normalized spacial score (nSPS) is 23.3. The van der Waals surface area contributed by atoms with E-state index in [1.54, 1.807) is 31.2 Å². The predicted molar refractivity (Wildman–Crippen MR) is 73.3 cm³/mol. The molecule has 0 spiro atoms. The van der Waals surface area contributed by atoms with Gasteiger partial charge in [-0.25, -0.2) is 0 Å². The Hall–Kier alpha value is -1.44. The van der Waals surface area contributed by atoms with Crippen molar-refractivity contribution in [2.75, 3.05) is 11.9 Å². The van der Waals surface area contributed by atoms with Gasteiger partial charge in [0.2, 0.25) is 5.91 Å². The minimum atomic E-state index is -0.994. The van der Waals surface area contributed by atoms with Crippen LogP contribution in [0.2, 0.25) is 0 Å². The average Bonchev–Trinajstić information content (AvgIpc) is 2.88. The number of halogens is 2. The first-order valence-corrected chi connectivity index (χ1v) is 6.44. The Morgan fingerprint density at radius 2 is 2.26 bits per heavy atom. The highest BCUT2D eigenvalue weighted by Crippen LogP contribution is 2.64. The SMILES string of the molecule is C[C@]1(C(=O)Nc2cccc(OCC#N)c2)CC1(Cl)Cl. The molecule has 1 amide bonds. The molecule has 1 saturated carbocycles. The second-order valence-corrected chi connectivity index (χ2v) is 6.13. The van der Waals surface area contributed by atoms with Crippen LogP contribution in [0.15, 0.2) is 24.3 Å². The van der Waals surface area contributed by atoms with Crippen molar-refractivity contribution in [3.8, 4) is 11.8 Å². The van der Waals surface area contributed by atoms with Crippen LogP contribution in [0.25, 0.3) is 0 Å². The van der Waals surface area contributed by atoms with E-state index in [4.69, 9.17) is 33.2 Å². The number of carbonyl (C=O) groups excluding carboxylic acids is 1. The summed E-state index contributed by atoms with van der Waals surface area (Å²) >= 11 is 11.9. The van der Waals surface area contributed by atoms with Gasteiger partial charge in [0.1, 0.15) is 16.2 Å². The number of nitrogens with zero attached hydrogens (tertiary/aromatic N) is 1. The van der Waals surface area contributed by atoms with E-state index in [0.717, 1.165) is 0 Å². The fourth-order valence-electron chi connectivity index (χ4n) is 1.69. The topological polar surface area (TPSA) is 62.1 Å². The highest BCUT2D eigenvalue weighted by atomic mass is 35.5. The molecule has 1 aliphatic rings. The van der Waals surface area contributed by atoms with Crippen LogP contribution in [0.1, 0.15) is 13.3 Å². The molecule has 0 saturated heterocycles. The molecular formula is C13H12Cl2N2O2. The Morgan fingerprint density at radius 3 is 2.84 bits per heavy atom. The first-order chi connectivity index (χ1) is 8.89. The number of hydrogen-bond acceptors (Lipinski definition) is 3. The number of carbonyl (C=O) groups is 1. The number of amides is 1. The minimum Gasteiger partial charge on any atom is -0.479 e. The predicted octanol–water partition coefficient (Wildman–Crippen LogP) is 3.11. The van der Waals surface area contributed by atoms with Gasteiger partial charge < -0.3 is 10.1 Å². The Labute approximate surface area is 121 Å². The fourth-order valence-corrected chi connectivity index (χ4v) is 2.40. The molecule has 100 valence electrons. The minimum absolute atomic E-state index is 0.0401. The van der Waals surface area contributed by atoms with Crippen molar-refractivity contribution in [2.24, 2.45) is 5.41 Å². The second-order valence-electron chi connectivity index (χ2n) is 4.64. The maximum absolute atomic E-state index is 12.1. The summed E-state index contributed by atoms with van der Waals surface area (Å²) in [4.78, 5) is 12.1. The molecular weight excluding hydrogens is 287 g/mol. The molecule has 0 heterocycles. The van der Waals surface area contributed by atoms with E-state index >= 15 is 0 Å². The monoisotopic (exact) mass is 298 g/mol. The van der Waals surface area contributed by atoms with Gasteiger partial charge in [0, 0.05) is 11.8 Å². The molecule has 1 aromatic rings. The van der Waals surface area contributed by atoms with E-state index in [0.29, 0.717) is 17.9 Å². The van der Waals surface area contributed by atoms with Gasteiger partial charge in [-0.3, -0.25) is 4.79 Å². The molecule has 19 heavy (non-hydrogen) atoms. The molecule has 0 aromatic heterocycles. The molecule has 1 aromatic carbocycles.